The number of fused-ring (bicyclic) bond motifs is 7. The highest BCUT2D eigenvalue weighted by Crippen LogP contribution is 2.70. The predicted octanol–water partition coefficient (Wildman–Crippen LogP) is 4.40. The number of benzene rings is 1. The largest absolute Gasteiger partial charge is 0.481 e. The smallest absolute Gasteiger partial charge is 0.303 e. The molecule has 2 heterocycles. The van der Waals surface area contributed by atoms with Gasteiger partial charge in [-0.3, -0.25) is 28.8 Å². The van der Waals surface area contributed by atoms with Crippen LogP contribution in [0.25, 0.3) is 0 Å². The SMILES string of the molecule is COCC(=O)[C@@]12O[C@H](c3cscc3Cc3ccc(NC(=O)[C@H](CCC(=O)O)NC(=O)CNC(=O)CBr)cc3)O[C@@H]1C[C@H]1[C@@H]3CCC4=CC(=O)C=C[C@]4(C)[C@H]3[C@@H](O)C[C@@]12C. The van der Waals surface area contributed by atoms with Crippen molar-refractivity contribution < 1.29 is 53.2 Å². The topological polar surface area (TPSA) is 207 Å². The Hall–Kier alpha value is -4.06. The van der Waals surface area contributed by atoms with E-state index in [1.54, 1.807) is 24.3 Å². The summed E-state index contributed by atoms with van der Waals surface area (Å²) in [5.74, 6) is -2.99. The Kier molecular flexibility index (Phi) is 12.5. The highest BCUT2D eigenvalue weighted by atomic mass is 79.9. The van der Waals surface area contributed by atoms with Gasteiger partial charge in [0, 0.05) is 41.5 Å². The maximum atomic E-state index is 14.4. The lowest BCUT2D eigenvalue weighted by Crippen LogP contribution is -2.63. The van der Waals surface area contributed by atoms with Gasteiger partial charge in [0.2, 0.25) is 17.7 Å². The number of ether oxygens (including phenoxy) is 3. The number of Topliss-reactive ketones (excluding diaryl/α,β-unsaturated/α-hetero) is 1. The molecule has 5 N–H and O–H groups in total. The first-order chi connectivity index (χ1) is 28.1. The number of hydrogen-bond donors (Lipinski definition) is 5. The number of carboxylic acids is 1. The summed E-state index contributed by atoms with van der Waals surface area (Å²) in [6.07, 6.45) is 5.66. The number of aliphatic carboxylic acids is 1. The summed E-state index contributed by atoms with van der Waals surface area (Å²) in [5, 5.41) is 32.9. The third-order valence-corrected chi connectivity index (χ3v) is 14.8. The zero-order chi connectivity index (χ0) is 42.3. The second kappa shape index (κ2) is 17.1. The Morgan fingerprint density at radius 2 is 1.86 bits per heavy atom. The number of carbonyl (C=O) groups is 6. The van der Waals surface area contributed by atoms with Crippen LogP contribution in [0, 0.1) is 28.6 Å². The zero-order valence-electron chi connectivity index (χ0n) is 33.2. The Morgan fingerprint density at radius 3 is 2.58 bits per heavy atom. The van der Waals surface area contributed by atoms with Crippen LogP contribution in [0.5, 0.6) is 0 Å². The van der Waals surface area contributed by atoms with Crippen LogP contribution in [-0.4, -0.2) is 94.9 Å². The fourth-order valence-electron chi connectivity index (χ4n) is 10.8. The molecule has 4 fully saturated rings. The molecule has 7 rings (SSSR count). The fraction of sp³-hybridized carbons (Fsp3) is 0.535. The molecule has 316 valence electrons. The van der Waals surface area contributed by atoms with Gasteiger partial charge < -0.3 is 40.4 Å². The van der Waals surface area contributed by atoms with E-state index in [9.17, 15) is 39.0 Å². The first-order valence-corrected chi connectivity index (χ1v) is 22.0. The molecule has 59 heavy (non-hydrogen) atoms. The van der Waals surface area contributed by atoms with Crippen LogP contribution < -0.4 is 16.0 Å². The van der Waals surface area contributed by atoms with Crippen molar-refractivity contribution in [2.45, 2.75) is 88.9 Å². The monoisotopic (exact) mass is 895 g/mol. The summed E-state index contributed by atoms with van der Waals surface area (Å²) in [7, 11) is 1.49. The van der Waals surface area contributed by atoms with E-state index in [2.05, 4.69) is 45.7 Å². The fourth-order valence-corrected chi connectivity index (χ4v) is 11.9. The summed E-state index contributed by atoms with van der Waals surface area (Å²) in [5.41, 5.74) is 1.62. The number of carbonyl (C=O) groups excluding carboxylic acids is 5. The molecule has 0 spiro atoms. The van der Waals surface area contributed by atoms with Crippen molar-refractivity contribution in [3.63, 3.8) is 0 Å². The van der Waals surface area contributed by atoms with Crippen LogP contribution >= 0.6 is 27.3 Å². The van der Waals surface area contributed by atoms with Crippen LogP contribution in [-0.2, 0) is 49.4 Å². The van der Waals surface area contributed by atoms with Crippen molar-refractivity contribution in [1.82, 2.24) is 10.6 Å². The van der Waals surface area contributed by atoms with E-state index >= 15 is 0 Å². The predicted molar refractivity (Wildman–Crippen MR) is 220 cm³/mol. The standard InChI is InChI=1S/C43H50BrN3O11S/c1-41-13-12-27(48)15-25(41)6-9-28-30-16-34-43(33(50)20-56-3,42(30,2)17-32(49)38(28)41)58-40(57-34)29-22-59-21-24(29)14-23-4-7-26(8-5-23)46-39(55)31(10-11-37(53)54)47-36(52)19-45-35(51)18-44/h4-5,7-8,12-13,15,21-22,28,30-32,34,38,40,49H,6,9-11,14,16-20H2,1-3H3,(H,45,51)(H,46,55)(H,47,52)(H,53,54)/t28-,30-,31-,32-,34+,38+,40+,41-,42-,43+/m0/s1. The quantitative estimate of drug-likeness (QED) is 0.159. The third kappa shape index (κ3) is 7.99. The number of hydrogen-bond acceptors (Lipinski definition) is 11. The molecule has 0 radical (unpaired) electrons. The minimum Gasteiger partial charge on any atom is -0.481 e. The van der Waals surface area contributed by atoms with E-state index in [1.807, 2.05) is 29.0 Å². The van der Waals surface area contributed by atoms with Crippen LogP contribution in [0.2, 0.25) is 0 Å². The molecule has 1 aliphatic heterocycles. The summed E-state index contributed by atoms with van der Waals surface area (Å²) < 4.78 is 19.2. The Morgan fingerprint density at radius 1 is 1.10 bits per heavy atom. The molecule has 14 nitrogen and oxygen atoms in total. The zero-order valence-corrected chi connectivity index (χ0v) is 35.6. The number of aliphatic hydroxyl groups excluding tert-OH is 1. The number of aliphatic hydroxyl groups is 1. The van der Waals surface area contributed by atoms with Gasteiger partial charge >= 0.3 is 5.97 Å². The molecule has 5 aliphatic rings. The van der Waals surface area contributed by atoms with Gasteiger partial charge in [-0.15, -0.1) is 0 Å². The van der Waals surface area contributed by atoms with Gasteiger partial charge in [-0.1, -0.05) is 53.6 Å². The van der Waals surface area contributed by atoms with Crippen molar-refractivity contribution in [3.05, 3.63) is 75.5 Å². The molecule has 0 bridgehead atoms. The number of anilines is 1. The Bertz CT molecular complexity index is 2070. The second-order valence-corrected chi connectivity index (χ2v) is 18.1. The number of thiophene rings is 1. The van der Waals surface area contributed by atoms with E-state index in [0.29, 0.717) is 24.9 Å². The average Bonchev–Trinajstić information content (AvgIpc) is 3.88. The van der Waals surface area contributed by atoms with Gasteiger partial charge in [-0.05, 0) is 96.5 Å². The van der Waals surface area contributed by atoms with Gasteiger partial charge in [0.05, 0.1) is 24.1 Å². The van der Waals surface area contributed by atoms with Gasteiger partial charge in [0.25, 0.3) is 0 Å². The second-order valence-electron chi connectivity index (χ2n) is 16.8. The highest BCUT2D eigenvalue weighted by molar-refractivity contribution is 9.09. The van der Waals surface area contributed by atoms with Crippen LogP contribution in [0.1, 0.15) is 75.4 Å². The lowest BCUT2D eigenvalue weighted by Gasteiger charge is -2.59. The number of alkyl halides is 1. The van der Waals surface area contributed by atoms with E-state index in [0.717, 1.165) is 35.1 Å². The van der Waals surface area contributed by atoms with Gasteiger partial charge in [0.1, 0.15) is 12.6 Å². The van der Waals surface area contributed by atoms with Crippen LogP contribution in [0.3, 0.4) is 0 Å². The number of ketones is 2. The minimum atomic E-state index is -1.35. The molecule has 3 saturated carbocycles. The van der Waals surface area contributed by atoms with Crippen molar-refractivity contribution in [2.24, 2.45) is 28.6 Å². The maximum Gasteiger partial charge on any atom is 0.303 e. The van der Waals surface area contributed by atoms with Gasteiger partial charge in [0.15, 0.2) is 23.5 Å². The highest BCUT2D eigenvalue weighted by Gasteiger charge is 2.76. The van der Waals surface area contributed by atoms with Gasteiger partial charge in [-0.2, -0.15) is 11.3 Å². The van der Waals surface area contributed by atoms with Gasteiger partial charge in [-0.25, -0.2) is 0 Å². The molecule has 1 aromatic heterocycles. The van der Waals surface area contributed by atoms with Crippen molar-refractivity contribution >= 4 is 68.2 Å². The number of rotatable bonds is 15. The summed E-state index contributed by atoms with van der Waals surface area (Å²) >= 11 is 4.49. The Labute approximate surface area is 354 Å². The molecule has 3 amide bonds. The number of halogens is 1. The summed E-state index contributed by atoms with van der Waals surface area (Å²) in [6.45, 7) is 3.68. The van der Waals surface area contributed by atoms with Crippen molar-refractivity contribution in [3.8, 4) is 0 Å². The molecule has 4 aliphatic carbocycles. The number of carboxylic acid groups (broad SMARTS) is 1. The average molecular weight is 897 g/mol. The number of allylic oxidation sites excluding steroid dienone is 4. The molecule has 2 aromatic rings. The summed E-state index contributed by atoms with van der Waals surface area (Å²) in [4.78, 5) is 75.0. The van der Waals surface area contributed by atoms with E-state index in [-0.39, 0.29) is 60.6 Å². The first-order valence-electron chi connectivity index (χ1n) is 19.9. The number of amides is 3. The van der Waals surface area contributed by atoms with Crippen molar-refractivity contribution in [1.29, 1.82) is 0 Å². The normalized spacial score (nSPS) is 32.2. The minimum absolute atomic E-state index is 0.00217. The van der Waals surface area contributed by atoms with E-state index in [4.69, 9.17) is 14.2 Å². The maximum absolute atomic E-state index is 14.4. The number of nitrogens with one attached hydrogen (secondary N) is 3. The molecule has 1 aromatic carbocycles. The third-order valence-electron chi connectivity index (χ3n) is 13.4. The molecule has 0 unspecified atom stereocenters. The van der Waals surface area contributed by atoms with Crippen LogP contribution in [0.4, 0.5) is 5.69 Å². The first kappa shape index (κ1) is 43.0. The lowest BCUT2D eigenvalue weighted by molar-refractivity contribution is -0.201. The van der Waals surface area contributed by atoms with E-state index in [1.165, 1.54) is 18.4 Å². The molecule has 16 heteroatoms. The molecular formula is C43H50BrN3O11S. The Balaban J connectivity index is 1.05. The summed E-state index contributed by atoms with van der Waals surface area (Å²) in [6, 6.07) is 5.97. The number of methoxy groups -OCH3 is 1. The molecule has 10 atom stereocenters. The van der Waals surface area contributed by atoms with E-state index < -0.39 is 64.7 Å². The molecular weight excluding hydrogens is 846 g/mol. The molecule has 1 saturated heterocycles. The lowest BCUT2D eigenvalue weighted by atomic mass is 9.46. The van der Waals surface area contributed by atoms with Crippen molar-refractivity contribution in [2.75, 3.05) is 30.9 Å². The van der Waals surface area contributed by atoms with Crippen LogP contribution in [0.15, 0.2) is 58.8 Å².